The lowest BCUT2D eigenvalue weighted by Crippen LogP contribution is -2.35. The summed E-state index contributed by atoms with van der Waals surface area (Å²) in [4.78, 5) is 31.3. The monoisotopic (exact) mass is 404 g/mol. The summed E-state index contributed by atoms with van der Waals surface area (Å²) in [5.41, 5.74) is 8.38. The zero-order valence-corrected chi connectivity index (χ0v) is 16.8. The molecule has 2 aromatic carbocycles. The van der Waals surface area contributed by atoms with Gasteiger partial charge in [-0.1, -0.05) is 25.1 Å². The van der Waals surface area contributed by atoms with E-state index in [2.05, 4.69) is 32.3 Å². The SMILES string of the molecule is C[C@@H]1CCCN(c2ccc(C(N)=O)cc2NC(=O)c2ccccc2-c2ncn[nH]2)C1. The summed E-state index contributed by atoms with van der Waals surface area (Å²) < 4.78 is 0. The van der Waals surface area contributed by atoms with Crippen LogP contribution in [0.1, 0.15) is 40.5 Å². The zero-order valence-electron chi connectivity index (χ0n) is 16.8. The lowest BCUT2D eigenvalue weighted by atomic mass is 9.99. The van der Waals surface area contributed by atoms with E-state index in [4.69, 9.17) is 5.73 Å². The van der Waals surface area contributed by atoms with Gasteiger partial charge in [-0.05, 0) is 43.0 Å². The Kier molecular flexibility index (Phi) is 5.47. The molecule has 30 heavy (non-hydrogen) atoms. The standard InChI is InChI=1S/C22H24N6O2/c1-14-5-4-10-28(12-14)19-9-8-15(20(23)29)11-18(19)26-22(30)17-7-3-2-6-16(17)21-24-13-25-27-21/h2-3,6-9,11,13-14H,4-5,10,12H2,1H3,(H2,23,29)(H,26,30)(H,24,25,27)/t14-/m1/s1. The number of aromatic nitrogens is 3. The van der Waals surface area contributed by atoms with Crippen LogP contribution in [0.25, 0.3) is 11.4 Å². The Morgan fingerprint density at radius 3 is 2.80 bits per heavy atom. The number of piperidine rings is 1. The van der Waals surface area contributed by atoms with Crippen LogP contribution < -0.4 is 16.0 Å². The summed E-state index contributed by atoms with van der Waals surface area (Å²) in [5, 5.41) is 9.65. The van der Waals surface area contributed by atoms with Crippen molar-refractivity contribution >= 4 is 23.2 Å². The van der Waals surface area contributed by atoms with Gasteiger partial charge in [-0.2, -0.15) is 5.10 Å². The van der Waals surface area contributed by atoms with Crippen LogP contribution in [0.15, 0.2) is 48.8 Å². The maximum Gasteiger partial charge on any atom is 0.256 e. The van der Waals surface area contributed by atoms with Gasteiger partial charge in [0.25, 0.3) is 5.91 Å². The van der Waals surface area contributed by atoms with Crippen LogP contribution in [0, 0.1) is 5.92 Å². The van der Waals surface area contributed by atoms with E-state index in [1.807, 2.05) is 18.2 Å². The van der Waals surface area contributed by atoms with Crippen molar-refractivity contribution in [1.29, 1.82) is 0 Å². The van der Waals surface area contributed by atoms with Gasteiger partial charge >= 0.3 is 0 Å². The molecule has 4 N–H and O–H groups in total. The van der Waals surface area contributed by atoms with Crippen molar-refractivity contribution in [2.24, 2.45) is 11.7 Å². The van der Waals surface area contributed by atoms with Gasteiger partial charge in [-0.15, -0.1) is 0 Å². The van der Waals surface area contributed by atoms with Crippen molar-refractivity contribution in [3.63, 3.8) is 0 Å². The summed E-state index contributed by atoms with van der Waals surface area (Å²) in [6.45, 7) is 4.01. The molecule has 2 heterocycles. The molecule has 1 atom stereocenters. The average Bonchev–Trinajstić information content (AvgIpc) is 3.28. The molecule has 154 valence electrons. The largest absolute Gasteiger partial charge is 0.370 e. The number of H-pyrrole nitrogens is 1. The van der Waals surface area contributed by atoms with Crippen molar-refractivity contribution in [2.45, 2.75) is 19.8 Å². The topological polar surface area (TPSA) is 117 Å². The highest BCUT2D eigenvalue weighted by Gasteiger charge is 2.22. The Balaban J connectivity index is 1.69. The molecular formula is C22H24N6O2. The number of carbonyl (C=O) groups is 2. The van der Waals surface area contributed by atoms with Crippen LogP contribution in [0.2, 0.25) is 0 Å². The highest BCUT2D eigenvalue weighted by atomic mass is 16.2. The summed E-state index contributed by atoms with van der Waals surface area (Å²) in [7, 11) is 0. The van der Waals surface area contributed by atoms with E-state index in [9.17, 15) is 9.59 Å². The van der Waals surface area contributed by atoms with Crippen molar-refractivity contribution in [2.75, 3.05) is 23.3 Å². The number of hydrogen-bond donors (Lipinski definition) is 3. The Morgan fingerprint density at radius 1 is 1.23 bits per heavy atom. The van der Waals surface area contributed by atoms with Crippen LogP contribution in [-0.2, 0) is 0 Å². The van der Waals surface area contributed by atoms with Crippen molar-refractivity contribution in [3.05, 3.63) is 59.9 Å². The van der Waals surface area contributed by atoms with E-state index in [1.165, 1.54) is 12.7 Å². The molecule has 0 aliphatic carbocycles. The Bertz CT molecular complexity index is 1060. The van der Waals surface area contributed by atoms with Crippen molar-refractivity contribution in [3.8, 4) is 11.4 Å². The summed E-state index contributed by atoms with van der Waals surface area (Å²) in [5.74, 6) is 0.239. The van der Waals surface area contributed by atoms with Gasteiger partial charge in [0.2, 0.25) is 5.91 Å². The summed E-state index contributed by atoms with van der Waals surface area (Å²) in [6, 6.07) is 12.4. The van der Waals surface area contributed by atoms with Crippen molar-refractivity contribution in [1.82, 2.24) is 15.2 Å². The molecular weight excluding hydrogens is 380 g/mol. The molecule has 4 rings (SSSR count). The minimum absolute atomic E-state index is 0.296. The third kappa shape index (κ3) is 4.03. The quantitative estimate of drug-likeness (QED) is 0.604. The van der Waals surface area contributed by atoms with Gasteiger partial charge in [-0.25, -0.2) is 4.98 Å². The maximum absolute atomic E-state index is 13.2. The molecule has 0 bridgehead atoms. The maximum atomic E-state index is 13.2. The first-order chi connectivity index (χ1) is 14.5. The molecule has 0 saturated carbocycles. The molecule has 1 aromatic heterocycles. The number of rotatable bonds is 5. The second kappa shape index (κ2) is 8.36. The predicted octanol–water partition coefficient (Wildman–Crippen LogP) is 3.06. The average molecular weight is 404 g/mol. The smallest absolute Gasteiger partial charge is 0.256 e. The molecule has 1 aliphatic heterocycles. The zero-order chi connectivity index (χ0) is 21.1. The Labute approximate surface area is 174 Å². The molecule has 0 spiro atoms. The predicted molar refractivity (Wildman–Crippen MR) is 115 cm³/mol. The number of nitrogens with one attached hydrogen (secondary N) is 2. The van der Waals surface area contributed by atoms with Gasteiger partial charge < -0.3 is 16.0 Å². The van der Waals surface area contributed by atoms with Gasteiger partial charge in [-0.3, -0.25) is 14.7 Å². The fourth-order valence-electron chi connectivity index (χ4n) is 3.89. The number of amides is 2. The molecule has 0 radical (unpaired) electrons. The van der Waals surface area contributed by atoms with Gasteiger partial charge in [0.1, 0.15) is 6.33 Å². The Hall–Kier alpha value is -3.68. The van der Waals surface area contributed by atoms with Crippen molar-refractivity contribution < 1.29 is 9.59 Å². The molecule has 1 saturated heterocycles. The van der Waals surface area contributed by atoms with E-state index in [0.717, 1.165) is 25.2 Å². The van der Waals surface area contributed by atoms with Crippen LogP contribution in [0.5, 0.6) is 0 Å². The lowest BCUT2D eigenvalue weighted by molar-refractivity contribution is 0.0996. The molecule has 8 nitrogen and oxygen atoms in total. The fraction of sp³-hybridized carbons (Fsp3) is 0.273. The lowest BCUT2D eigenvalue weighted by Gasteiger charge is -2.34. The van der Waals surface area contributed by atoms with Crippen LogP contribution >= 0.6 is 0 Å². The third-order valence-corrected chi connectivity index (χ3v) is 5.37. The highest BCUT2D eigenvalue weighted by molar-refractivity contribution is 6.10. The molecule has 1 aliphatic rings. The van der Waals surface area contributed by atoms with E-state index < -0.39 is 5.91 Å². The van der Waals surface area contributed by atoms with E-state index in [0.29, 0.717) is 34.1 Å². The molecule has 3 aromatic rings. The van der Waals surface area contributed by atoms with Crippen LogP contribution in [0.4, 0.5) is 11.4 Å². The Morgan fingerprint density at radius 2 is 2.07 bits per heavy atom. The number of nitrogens with zero attached hydrogens (tertiary/aromatic N) is 3. The van der Waals surface area contributed by atoms with Gasteiger partial charge in [0.05, 0.1) is 16.9 Å². The normalized spacial score (nSPS) is 16.3. The number of carbonyl (C=O) groups excluding carboxylic acids is 2. The number of anilines is 2. The summed E-state index contributed by atoms with van der Waals surface area (Å²) in [6.07, 6.45) is 3.67. The molecule has 8 heteroatoms. The van der Waals surface area contributed by atoms with Crippen LogP contribution in [0.3, 0.4) is 0 Å². The van der Waals surface area contributed by atoms with E-state index >= 15 is 0 Å². The molecule has 2 amide bonds. The van der Waals surface area contributed by atoms with Gasteiger partial charge in [0, 0.05) is 24.2 Å². The van der Waals surface area contributed by atoms with Crippen LogP contribution in [-0.4, -0.2) is 40.1 Å². The molecule has 1 fully saturated rings. The number of aromatic amines is 1. The third-order valence-electron chi connectivity index (χ3n) is 5.37. The highest BCUT2D eigenvalue weighted by Crippen LogP contribution is 2.32. The molecule has 0 unspecified atom stereocenters. The number of hydrogen-bond acceptors (Lipinski definition) is 5. The first-order valence-corrected chi connectivity index (χ1v) is 9.98. The first kappa shape index (κ1) is 19.6. The van der Waals surface area contributed by atoms with E-state index in [1.54, 1.807) is 24.3 Å². The fourth-order valence-corrected chi connectivity index (χ4v) is 3.89. The second-order valence-electron chi connectivity index (χ2n) is 7.62. The van der Waals surface area contributed by atoms with Gasteiger partial charge in [0.15, 0.2) is 5.82 Å². The number of nitrogens with two attached hydrogens (primary N) is 1. The first-order valence-electron chi connectivity index (χ1n) is 9.98. The number of primary amides is 1. The number of benzene rings is 2. The second-order valence-corrected chi connectivity index (χ2v) is 7.62. The minimum atomic E-state index is -0.536. The van der Waals surface area contributed by atoms with E-state index in [-0.39, 0.29) is 5.91 Å². The minimum Gasteiger partial charge on any atom is -0.370 e. The summed E-state index contributed by atoms with van der Waals surface area (Å²) >= 11 is 0.